The Morgan fingerprint density at radius 3 is 0.919 bits per heavy atom. The highest BCUT2D eigenvalue weighted by atomic mass is 16.3. The molecule has 0 fully saturated rings. The smallest absolute Gasteiger partial charge is 0.0631 e. The first kappa shape index (κ1) is 36.9. The molecule has 37 heavy (non-hydrogen) atoms. The van der Waals surface area contributed by atoms with Gasteiger partial charge in [-0.2, -0.15) is 0 Å². The van der Waals surface area contributed by atoms with Gasteiger partial charge in [-0.05, 0) is 52.4 Å². The number of hydrogen-bond donors (Lipinski definition) is 3. The largest absolute Gasteiger partial charge is 0.390 e. The van der Waals surface area contributed by atoms with Gasteiger partial charge in [-0.15, -0.1) is 0 Å². The minimum atomic E-state index is -0.660. The number of aliphatic hydroxyl groups is 2. The van der Waals surface area contributed by atoms with E-state index >= 15 is 0 Å². The fourth-order valence-corrected chi connectivity index (χ4v) is 5.60. The van der Waals surface area contributed by atoms with E-state index < -0.39 is 11.2 Å². The summed E-state index contributed by atoms with van der Waals surface area (Å²) in [6.07, 6.45) is 29.2. The molecule has 3 heteroatoms. The van der Waals surface area contributed by atoms with E-state index in [1.807, 2.05) is 27.7 Å². The van der Waals surface area contributed by atoms with Crippen LogP contribution in [0.3, 0.4) is 0 Å². The second kappa shape index (κ2) is 23.7. The molecule has 0 aliphatic carbocycles. The Kier molecular flexibility index (Phi) is 23.7. The summed E-state index contributed by atoms with van der Waals surface area (Å²) in [5.74, 6) is 0.530. The van der Waals surface area contributed by atoms with Crippen LogP contribution in [-0.4, -0.2) is 34.5 Å². The third-order valence-corrected chi connectivity index (χ3v) is 8.59. The van der Waals surface area contributed by atoms with Gasteiger partial charge >= 0.3 is 0 Å². The van der Waals surface area contributed by atoms with Crippen LogP contribution in [0.15, 0.2) is 0 Å². The van der Waals surface area contributed by atoms with Crippen LogP contribution >= 0.6 is 0 Å². The van der Waals surface area contributed by atoms with Gasteiger partial charge in [-0.3, -0.25) is 0 Å². The Balaban J connectivity index is 4.12. The lowest BCUT2D eigenvalue weighted by molar-refractivity contribution is 0.00117. The van der Waals surface area contributed by atoms with Gasteiger partial charge in [0.1, 0.15) is 0 Å². The van der Waals surface area contributed by atoms with Gasteiger partial charge < -0.3 is 15.5 Å². The van der Waals surface area contributed by atoms with E-state index in [0.717, 1.165) is 25.9 Å². The molecule has 2 atom stereocenters. The zero-order valence-electron chi connectivity index (χ0n) is 26.5. The van der Waals surface area contributed by atoms with Gasteiger partial charge in [0.15, 0.2) is 0 Å². The summed E-state index contributed by atoms with van der Waals surface area (Å²) in [7, 11) is 0. The topological polar surface area (TPSA) is 52.5 Å². The minimum absolute atomic E-state index is 0.265. The number of hydrogen-bond acceptors (Lipinski definition) is 3. The molecular weight excluding hydrogens is 454 g/mol. The molecule has 0 amide bonds. The predicted molar refractivity (Wildman–Crippen MR) is 165 cm³/mol. The van der Waals surface area contributed by atoms with Crippen molar-refractivity contribution < 1.29 is 10.2 Å². The summed E-state index contributed by atoms with van der Waals surface area (Å²) in [5, 5.41) is 25.2. The molecule has 224 valence electrons. The molecule has 0 aromatic rings. The molecule has 2 unspecified atom stereocenters. The molecule has 0 bridgehead atoms. The van der Waals surface area contributed by atoms with Gasteiger partial charge in [-0.25, -0.2) is 0 Å². The molecule has 0 aromatic carbocycles. The summed E-state index contributed by atoms with van der Waals surface area (Å²) in [6, 6.07) is 0. The van der Waals surface area contributed by atoms with Crippen LogP contribution in [0.25, 0.3) is 0 Å². The first-order valence-electron chi connectivity index (χ1n) is 16.8. The molecule has 0 aliphatic rings. The van der Waals surface area contributed by atoms with Gasteiger partial charge in [0.05, 0.1) is 11.2 Å². The van der Waals surface area contributed by atoms with E-state index in [1.54, 1.807) is 0 Å². The molecule has 0 heterocycles. The SMILES string of the molecule is CCCCCCCCCCCCC(CNCC(CCCCCCCCCCCC)C(C)(C)O)C(C)(C)O. The fraction of sp³-hybridized carbons (Fsp3) is 1.00. The fourth-order valence-electron chi connectivity index (χ4n) is 5.60. The van der Waals surface area contributed by atoms with Gasteiger partial charge in [0.25, 0.3) is 0 Å². The normalized spacial score (nSPS) is 14.3. The molecule has 0 rings (SSSR count). The summed E-state index contributed by atoms with van der Waals surface area (Å²) in [6.45, 7) is 14.1. The first-order valence-corrected chi connectivity index (χ1v) is 16.8. The second-order valence-electron chi connectivity index (χ2n) is 13.3. The van der Waals surface area contributed by atoms with Gasteiger partial charge in [0, 0.05) is 13.1 Å². The highest BCUT2D eigenvalue weighted by molar-refractivity contribution is 4.83. The van der Waals surface area contributed by atoms with Crippen LogP contribution < -0.4 is 5.32 Å². The third-order valence-electron chi connectivity index (χ3n) is 8.59. The van der Waals surface area contributed by atoms with Crippen LogP contribution in [-0.2, 0) is 0 Å². The first-order chi connectivity index (χ1) is 17.6. The van der Waals surface area contributed by atoms with E-state index in [1.165, 1.54) is 128 Å². The van der Waals surface area contributed by atoms with Crippen LogP contribution in [0, 0.1) is 11.8 Å². The van der Waals surface area contributed by atoms with Gasteiger partial charge in [-0.1, -0.05) is 142 Å². The molecule has 0 aromatic heterocycles. The standard InChI is InChI=1S/C34H71NO2/c1-7-9-11-13-15-17-19-21-23-25-27-31(33(3,4)36)29-35-30-32(34(5,6)37)28-26-24-22-20-18-16-14-12-10-8-2/h31-32,35-37H,7-30H2,1-6H3. The average molecular weight is 526 g/mol. The van der Waals surface area contributed by atoms with Crippen molar-refractivity contribution in [3.05, 3.63) is 0 Å². The summed E-state index contributed by atoms with van der Waals surface area (Å²) < 4.78 is 0. The van der Waals surface area contributed by atoms with Crippen LogP contribution in [0.5, 0.6) is 0 Å². The lowest BCUT2D eigenvalue weighted by Gasteiger charge is -2.33. The van der Waals surface area contributed by atoms with E-state index in [9.17, 15) is 10.2 Å². The lowest BCUT2D eigenvalue weighted by Crippen LogP contribution is -2.43. The maximum absolute atomic E-state index is 10.8. The Morgan fingerprint density at radius 1 is 0.432 bits per heavy atom. The molecule has 0 aliphatic heterocycles. The molecular formula is C34H71NO2. The number of nitrogens with one attached hydrogen (secondary N) is 1. The summed E-state index contributed by atoms with van der Waals surface area (Å²) in [4.78, 5) is 0. The van der Waals surface area contributed by atoms with Crippen molar-refractivity contribution in [3.63, 3.8) is 0 Å². The number of unbranched alkanes of at least 4 members (excludes halogenated alkanes) is 18. The quantitative estimate of drug-likeness (QED) is 0.0890. The zero-order chi connectivity index (χ0) is 27.8. The Hall–Kier alpha value is -0.120. The van der Waals surface area contributed by atoms with E-state index in [4.69, 9.17) is 0 Å². The molecule has 0 spiro atoms. The van der Waals surface area contributed by atoms with E-state index in [2.05, 4.69) is 19.2 Å². The van der Waals surface area contributed by atoms with E-state index in [-0.39, 0.29) is 11.8 Å². The van der Waals surface area contributed by atoms with Crippen molar-refractivity contribution in [3.8, 4) is 0 Å². The Bertz CT molecular complexity index is 423. The van der Waals surface area contributed by atoms with Crippen molar-refractivity contribution >= 4 is 0 Å². The van der Waals surface area contributed by atoms with Crippen molar-refractivity contribution in [2.45, 2.75) is 194 Å². The Labute approximate surface area is 234 Å². The highest BCUT2D eigenvalue weighted by Crippen LogP contribution is 2.25. The van der Waals surface area contributed by atoms with Crippen molar-refractivity contribution in [1.82, 2.24) is 5.32 Å². The Morgan fingerprint density at radius 2 is 0.676 bits per heavy atom. The third kappa shape index (κ3) is 23.5. The molecule has 0 radical (unpaired) electrons. The van der Waals surface area contributed by atoms with Crippen LogP contribution in [0.1, 0.15) is 183 Å². The lowest BCUT2D eigenvalue weighted by atomic mass is 9.84. The van der Waals surface area contributed by atoms with Crippen molar-refractivity contribution in [1.29, 1.82) is 0 Å². The zero-order valence-corrected chi connectivity index (χ0v) is 26.5. The van der Waals surface area contributed by atoms with Crippen LogP contribution in [0.4, 0.5) is 0 Å². The monoisotopic (exact) mass is 526 g/mol. The van der Waals surface area contributed by atoms with E-state index in [0.29, 0.717) is 0 Å². The molecule has 0 saturated heterocycles. The predicted octanol–water partition coefficient (Wildman–Crippen LogP) is 9.97. The van der Waals surface area contributed by atoms with Gasteiger partial charge in [0.2, 0.25) is 0 Å². The van der Waals surface area contributed by atoms with Crippen molar-refractivity contribution in [2.75, 3.05) is 13.1 Å². The minimum Gasteiger partial charge on any atom is -0.390 e. The van der Waals surface area contributed by atoms with Crippen LogP contribution in [0.2, 0.25) is 0 Å². The second-order valence-corrected chi connectivity index (χ2v) is 13.3. The molecule has 3 N–H and O–H groups in total. The molecule has 3 nitrogen and oxygen atoms in total. The molecule has 0 saturated carbocycles. The summed E-state index contributed by atoms with van der Waals surface area (Å²) in [5.41, 5.74) is -1.32. The maximum Gasteiger partial charge on any atom is 0.0631 e. The highest BCUT2D eigenvalue weighted by Gasteiger charge is 2.29. The van der Waals surface area contributed by atoms with Crippen molar-refractivity contribution in [2.24, 2.45) is 11.8 Å². The number of rotatable bonds is 28. The summed E-state index contributed by atoms with van der Waals surface area (Å²) >= 11 is 0. The average Bonchev–Trinajstić information content (AvgIpc) is 2.82. The maximum atomic E-state index is 10.8.